The summed E-state index contributed by atoms with van der Waals surface area (Å²) in [5.41, 5.74) is 7.96. The SMILES string of the molecule is Cn1ccnc1[C@@H]1CN(C(=O)c2ccc(C(=O)c3cc[nH]c3)cc2)C[C@H]1N. The number of hydrogen-bond donors (Lipinski definition) is 2. The van der Waals surface area contributed by atoms with Gasteiger partial charge in [-0.3, -0.25) is 9.59 Å². The van der Waals surface area contributed by atoms with Crippen molar-refractivity contribution in [2.45, 2.75) is 12.0 Å². The minimum atomic E-state index is -0.149. The fraction of sp³-hybridized carbons (Fsp3) is 0.250. The van der Waals surface area contributed by atoms with Crippen molar-refractivity contribution < 1.29 is 9.59 Å². The summed E-state index contributed by atoms with van der Waals surface area (Å²) in [5.74, 6) is 0.754. The molecule has 0 saturated carbocycles. The van der Waals surface area contributed by atoms with Gasteiger partial charge in [-0.15, -0.1) is 0 Å². The van der Waals surface area contributed by atoms with E-state index < -0.39 is 0 Å². The van der Waals surface area contributed by atoms with Gasteiger partial charge in [0.15, 0.2) is 5.78 Å². The number of benzene rings is 1. The van der Waals surface area contributed by atoms with Crippen molar-refractivity contribution in [2.75, 3.05) is 13.1 Å². The molecular formula is C20H21N5O2. The van der Waals surface area contributed by atoms with E-state index in [1.54, 1.807) is 53.8 Å². The smallest absolute Gasteiger partial charge is 0.253 e. The average molecular weight is 363 g/mol. The quantitative estimate of drug-likeness (QED) is 0.687. The van der Waals surface area contributed by atoms with Crippen molar-refractivity contribution in [1.29, 1.82) is 0 Å². The summed E-state index contributed by atoms with van der Waals surface area (Å²) in [4.78, 5) is 34.2. The highest BCUT2D eigenvalue weighted by molar-refractivity contribution is 6.09. The molecule has 0 bridgehead atoms. The molecule has 27 heavy (non-hydrogen) atoms. The van der Waals surface area contributed by atoms with Crippen LogP contribution < -0.4 is 5.73 Å². The number of rotatable bonds is 4. The van der Waals surface area contributed by atoms with E-state index in [1.807, 2.05) is 17.8 Å². The van der Waals surface area contributed by atoms with Gasteiger partial charge in [-0.1, -0.05) is 12.1 Å². The zero-order chi connectivity index (χ0) is 19.0. The minimum Gasteiger partial charge on any atom is -0.367 e. The summed E-state index contributed by atoms with van der Waals surface area (Å²) in [6, 6.07) is 8.35. The molecule has 0 spiro atoms. The molecule has 0 radical (unpaired) electrons. The van der Waals surface area contributed by atoms with Crippen molar-refractivity contribution in [3.05, 3.63) is 77.6 Å². The highest BCUT2D eigenvalue weighted by Gasteiger charge is 2.36. The number of ketones is 1. The highest BCUT2D eigenvalue weighted by Crippen LogP contribution is 2.26. The lowest BCUT2D eigenvalue weighted by Crippen LogP contribution is -2.32. The summed E-state index contributed by atoms with van der Waals surface area (Å²) in [6.07, 6.45) is 6.99. The van der Waals surface area contributed by atoms with Gasteiger partial charge in [0.2, 0.25) is 0 Å². The Hall–Kier alpha value is -3.19. The molecule has 7 heteroatoms. The first kappa shape index (κ1) is 17.2. The fourth-order valence-corrected chi connectivity index (χ4v) is 3.58. The Balaban J connectivity index is 1.48. The predicted octanol–water partition coefficient (Wildman–Crippen LogP) is 1.55. The first-order valence-electron chi connectivity index (χ1n) is 8.84. The number of aryl methyl sites for hydroxylation is 1. The number of imidazole rings is 1. The van der Waals surface area contributed by atoms with Gasteiger partial charge in [0.1, 0.15) is 5.82 Å². The second kappa shape index (κ2) is 6.85. The molecule has 1 fully saturated rings. The van der Waals surface area contributed by atoms with E-state index in [-0.39, 0.29) is 23.7 Å². The van der Waals surface area contributed by atoms with Crippen molar-refractivity contribution >= 4 is 11.7 Å². The van der Waals surface area contributed by atoms with Crippen LogP contribution in [-0.4, -0.2) is 50.3 Å². The number of carbonyl (C=O) groups is 2. The molecule has 7 nitrogen and oxygen atoms in total. The zero-order valence-corrected chi connectivity index (χ0v) is 15.0. The van der Waals surface area contributed by atoms with Crippen LogP contribution in [0.15, 0.2) is 55.1 Å². The van der Waals surface area contributed by atoms with Crippen LogP contribution in [0.5, 0.6) is 0 Å². The number of hydrogen-bond acceptors (Lipinski definition) is 4. The molecule has 1 aliphatic heterocycles. The van der Waals surface area contributed by atoms with Crippen LogP contribution in [0.1, 0.15) is 38.0 Å². The van der Waals surface area contributed by atoms with E-state index in [9.17, 15) is 9.59 Å². The number of likely N-dealkylation sites (tertiary alicyclic amines) is 1. The Morgan fingerprint density at radius 1 is 1.11 bits per heavy atom. The number of carbonyl (C=O) groups excluding carboxylic acids is 2. The molecule has 0 aliphatic carbocycles. The van der Waals surface area contributed by atoms with Crippen LogP contribution in [0.4, 0.5) is 0 Å². The Bertz CT molecular complexity index is 959. The van der Waals surface area contributed by atoms with Gasteiger partial charge < -0.3 is 20.2 Å². The molecule has 2 aromatic heterocycles. The number of aromatic amines is 1. The number of nitrogens with two attached hydrogens (primary N) is 1. The van der Waals surface area contributed by atoms with E-state index in [0.717, 1.165) is 5.82 Å². The van der Waals surface area contributed by atoms with Crippen LogP contribution in [0, 0.1) is 0 Å². The highest BCUT2D eigenvalue weighted by atomic mass is 16.2. The molecule has 4 rings (SSSR count). The molecule has 2 atom stereocenters. The van der Waals surface area contributed by atoms with Gasteiger partial charge in [0.05, 0.1) is 5.92 Å². The number of aromatic nitrogens is 3. The van der Waals surface area contributed by atoms with E-state index in [4.69, 9.17) is 5.73 Å². The summed E-state index contributed by atoms with van der Waals surface area (Å²) < 4.78 is 1.94. The number of H-pyrrole nitrogens is 1. The van der Waals surface area contributed by atoms with Gasteiger partial charge in [-0.2, -0.15) is 0 Å². The van der Waals surface area contributed by atoms with Crippen LogP contribution in [0.25, 0.3) is 0 Å². The summed E-state index contributed by atoms with van der Waals surface area (Å²) in [5, 5.41) is 0. The average Bonchev–Trinajstić information content (AvgIpc) is 3.42. The fourth-order valence-electron chi connectivity index (χ4n) is 3.58. The van der Waals surface area contributed by atoms with Crippen molar-refractivity contribution in [3.63, 3.8) is 0 Å². The normalized spacial score (nSPS) is 19.4. The third-order valence-electron chi connectivity index (χ3n) is 5.10. The standard InChI is InChI=1S/C20H21N5O2/c1-24-9-8-23-19(24)16-11-25(12-17(16)21)20(27)14-4-2-13(3-5-14)18(26)15-6-7-22-10-15/h2-10,16-17,22H,11-12,21H2,1H3/t16-,17-/m1/s1. The van der Waals surface area contributed by atoms with Crippen molar-refractivity contribution in [2.24, 2.45) is 12.8 Å². The van der Waals surface area contributed by atoms with Crippen molar-refractivity contribution in [3.8, 4) is 0 Å². The molecule has 1 amide bonds. The lowest BCUT2D eigenvalue weighted by atomic mass is 10.0. The second-order valence-electron chi connectivity index (χ2n) is 6.88. The summed E-state index contributed by atoms with van der Waals surface area (Å²) >= 11 is 0. The van der Waals surface area contributed by atoms with Crippen LogP contribution in [-0.2, 0) is 7.05 Å². The zero-order valence-electron chi connectivity index (χ0n) is 15.0. The third-order valence-corrected chi connectivity index (χ3v) is 5.10. The monoisotopic (exact) mass is 363 g/mol. The largest absolute Gasteiger partial charge is 0.367 e. The van der Waals surface area contributed by atoms with Gasteiger partial charge in [-0.25, -0.2) is 4.98 Å². The molecule has 1 aromatic carbocycles. The van der Waals surface area contributed by atoms with E-state index >= 15 is 0 Å². The van der Waals surface area contributed by atoms with Gasteiger partial charge >= 0.3 is 0 Å². The topological polar surface area (TPSA) is 97.0 Å². The van der Waals surface area contributed by atoms with Gasteiger partial charge in [0.25, 0.3) is 5.91 Å². The second-order valence-corrected chi connectivity index (χ2v) is 6.88. The number of nitrogens with zero attached hydrogens (tertiary/aromatic N) is 3. The Kier molecular flexibility index (Phi) is 4.37. The van der Waals surface area contributed by atoms with Crippen LogP contribution >= 0.6 is 0 Å². The lowest BCUT2D eigenvalue weighted by molar-refractivity contribution is 0.0788. The molecule has 3 heterocycles. The Morgan fingerprint density at radius 2 is 1.85 bits per heavy atom. The number of amides is 1. The molecule has 1 aliphatic rings. The Labute approximate surface area is 156 Å². The first-order valence-corrected chi connectivity index (χ1v) is 8.84. The predicted molar refractivity (Wildman–Crippen MR) is 100 cm³/mol. The molecule has 3 N–H and O–H groups in total. The summed E-state index contributed by atoms with van der Waals surface area (Å²) in [7, 11) is 1.93. The van der Waals surface area contributed by atoms with Crippen molar-refractivity contribution in [1.82, 2.24) is 19.4 Å². The maximum absolute atomic E-state index is 12.9. The third kappa shape index (κ3) is 3.17. The molecule has 1 saturated heterocycles. The molecule has 3 aromatic rings. The first-order chi connectivity index (χ1) is 13.0. The van der Waals surface area contributed by atoms with E-state index in [1.165, 1.54) is 0 Å². The molecule has 0 unspecified atom stereocenters. The lowest BCUT2D eigenvalue weighted by Gasteiger charge is -2.16. The minimum absolute atomic E-state index is 0.0170. The van der Waals surface area contributed by atoms with Gasteiger partial charge in [0, 0.05) is 67.7 Å². The van der Waals surface area contributed by atoms with Gasteiger partial charge in [-0.05, 0) is 18.2 Å². The summed E-state index contributed by atoms with van der Waals surface area (Å²) in [6.45, 7) is 1.02. The molecular weight excluding hydrogens is 342 g/mol. The maximum atomic E-state index is 12.9. The molecule has 138 valence electrons. The van der Waals surface area contributed by atoms with Crippen LogP contribution in [0.3, 0.4) is 0 Å². The maximum Gasteiger partial charge on any atom is 0.253 e. The Morgan fingerprint density at radius 3 is 2.48 bits per heavy atom. The number of nitrogens with one attached hydrogen (secondary N) is 1. The van der Waals surface area contributed by atoms with Crippen LogP contribution in [0.2, 0.25) is 0 Å². The van der Waals surface area contributed by atoms with E-state index in [2.05, 4.69) is 9.97 Å². The van der Waals surface area contributed by atoms with E-state index in [0.29, 0.717) is 29.8 Å².